The van der Waals surface area contributed by atoms with Crippen LogP contribution in [0.2, 0.25) is 0 Å². The third kappa shape index (κ3) is 7.30. The van der Waals surface area contributed by atoms with Gasteiger partial charge in [-0.25, -0.2) is 9.78 Å². The van der Waals surface area contributed by atoms with E-state index in [1.807, 2.05) is 58.0 Å². The number of nitrogens with zero attached hydrogens (tertiary/aromatic N) is 3. The number of likely N-dealkylation sites (tertiary alicyclic amines) is 2. The van der Waals surface area contributed by atoms with Crippen molar-refractivity contribution in [3.8, 4) is 0 Å². The first-order chi connectivity index (χ1) is 21.0. The van der Waals surface area contributed by atoms with E-state index in [-0.39, 0.29) is 11.9 Å². The molecule has 44 heavy (non-hydrogen) atoms. The van der Waals surface area contributed by atoms with E-state index in [0.29, 0.717) is 42.9 Å². The molecule has 0 radical (unpaired) electrons. The third-order valence-electron chi connectivity index (χ3n) is 8.16. The molecule has 2 aliphatic heterocycles. The Morgan fingerprint density at radius 2 is 1.73 bits per heavy atom. The second kappa shape index (κ2) is 13.2. The van der Waals surface area contributed by atoms with Gasteiger partial charge in [0.2, 0.25) is 5.89 Å². The number of hydrogen-bond acceptors (Lipinski definition) is 7. The molecule has 2 fully saturated rings. The summed E-state index contributed by atoms with van der Waals surface area (Å²) < 4.78 is 11.2. The minimum Gasteiger partial charge on any atom is -0.446 e. The predicted molar refractivity (Wildman–Crippen MR) is 164 cm³/mol. The lowest BCUT2D eigenvalue weighted by atomic mass is 9.94. The number of aromatic nitrogens is 1. The van der Waals surface area contributed by atoms with Crippen LogP contribution in [-0.2, 0) is 11.2 Å². The van der Waals surface area contributed by atoms with Crippen LogP contribution >= 0.6 is 0 Å². The van der Waals surface area contributed by atoms with Crippen molar-refractivity contribution in [3.63, 3.8) is 0 Å². The Hall–Kier alpha value is -4.18. The first-order valence-electron chi connectivity index (χ1n) is 15.4. The number of carbonyl (C=O) groups is 3. The minimum absolute atomic E-state index is 0.196. The van der Waals surface area contributed by atoms with Crippen LogP contribution in [0.1, 0.15) is 90.4 Å². The number of aryl methyl sites for hydroxylation is 1. The Kier molecular flexibility index (Phi) is 9.39. The van der Waals surface area contributed by atoms with Gasteiger partial charge < -0.3 is 29.4 Å². The van der Waals surface area contributed by atoms with Gasteiger partial charge in [0.15, 0.2) is 0 Å². The maximum Gasteiger partial charge on any atom is 0.410 e. The molecule has 234 valence electrons. The Morgan fingerprint density at radius 3 is 2.43 bits per heavy atom. The standard InChI is InChI=1S/C34H42N4O6/c1-22-21-43-31(35-22)28-16-10-17-37(28)32(41)25-14-8-13-24(20-25)30(40)36-26(19-23-11-6-5-7-12-23)29(39)27-15-9-18-38(27)33(42)44-34(2,3)4/h5-8,11-14,20-21,26-29,39H,9-10,15-19H2,1-4H3,(H,36,40)/t26-,27?,28+,29-/m0/s1. The maximum atomic E-state index is 13.7. The molecule has 2 aliphatic rings. The summed E-state index contributed by atoms with van der Waals surface area (Å²) in [4.78, 5) is 48.0. The van der Waals surface area contributed by atoms with Crippen LogP contribution < -0.4 is 5.32 Å². The van der Waals surface area contributed by atoms with Crippen LogP contribution in [0.15, 0.2) is 65.3 Å². The molecule has 0 aliphatic carbocycles. The number of nitrogens with one attached hydrogen (secondary N) is 1. The number of amides is 3. The van der Waals surface area contributed by atoms with E-state index in [0.717, 1.165) is 30.5 Å². The quantitative estimate of drug-likeness (QED) is 0.369. The first kappa shape index (κ1) is 31.3. The summed E-state index contributed by atoms with van der Waals surface area (Å²) in [5.74, 6) is -0.0899. The van der Waals surface area contributed by atoms with E-state index < -0.39 is 35.8 Å². The molecule has 2 N–H and O–H groups in total. The fourth-order valence-corrected chi connectivity index (χ4v) is 6.09. The average molecular weight is 603 g/mol. The van der Waals surface area contributed by atoms with Crippen LogP contribution in [0.5, 0.6) is 0 Å². The molecular weight excluding hydrogens is 560 g/mol. The third-order valence-corrected chi connectivity index (χ3v) is 8.16. The topological polar surface area (TPSA) is 125 Å². The van der Waals surface area contributed by atoms with Gasteiger partial charge in [-0.05, 0) is 83.6 Å². The van der Waals surface area contributed by atoms with Gasteiger partial charge in [-0.2, -0.15) is 0 Å². The summed E-state index contributed by atoms with van der Waals surface area (Å²) in [6, 6.07) is 14.8. The van der Waals surface area contributed by atoms with Gasteiger partial charge >= 0.3 is 6.09 Å². The van der Waals surface area contributed by atoms with E-state index in [9.17, 15) is 19.5 Å². The second-order valence-electron chi connectivity index (χ2n) is 12.7. The van der Waals surface area contributed by atoms with E-state index in [1.165, 1.54) is 0 Å². The van der Waals surface area contributed by atoms with Gasteiger partial charge in [0.1, 0.15) is 17.9 Å². The molecule has 0 saturated carbocycles. The van der Waals surface area contributed by atoms with Gasteiger partial charge in [0.25, 0.3) is 11.8 Å². The minimum atomic E-state index is -1.05. The second-order valence-corrected chi connectivity index (χ2v) is 12.7. The molecule has 5 rings (SSSR count). The lowest BCUT2D eigenvalue weighted by Gasteiger charge is -2.35. The number of hydrogen-bond donors (Lipinski definition) is 2. The normalized spacial score (nSPS) is 19.9. The van der Waals surface area contributed by atoms with Crippen LogP contribution in [0, 0.1) is 6.92 Å². The summed E-state index contributed by atoms with van der Waals surface area (Å²) in [7, 11) is 0. The number of aliphatic hydroxyl groups is 1. The van der Waals surface area contributed by atoms with Gasteiger partial charge in [0.05, 0.1) is 23.9 Å². The zero-order chi connectivity index (χ0) is 31.4. The van der Waals surface area contributed by atoms with Crippen molar-refractivity contribution >= 4 is 17.9 Å². The highest BCUT2D eigenvalue weighted by Crippen LogP contribution is 2.33. The summed E-state index contributed by atoms with van der Waals surface area (Å²) >= 11 is 0. The molecule has 10 nitrogen and oxygen atoms in total. The lowest BCUT2D eigenvalue weighted by molar-refractivity contribution is -0.00161. The highest BCUT2D eigenvalue weighted by Gasteiger charge is 2.40. The molecule has 4 atom stereocenters. The summed E-state index contributed by atoms with van der Waals surface area (Å²) in [6.45, 7) is 8.31. The summed E-state index contributed by atoms with van der Waals surface area (Å²) in [5, 5.41) is 14.7. The lowest BCUT2D eigenvalue weighted by Crippen LogP contribution is -2.54. The van der Waals surface area contributed by atoms with E-state index in [4.69, 9.17) is 9.15 Å². The highest BCUT2D eigenvalue weighted by molar-refractivity contribution is 6.00. The Labute approximate surface area is 258 Å². The molecular formula is C34H42N4O6. The molecule has 1 aromatic heterocycles. The molecule has 2 aromatic carbocycles. The van der Waals surface area contributed by atoms with E-state index >= 15 is 0 Å². The Balaban J connectivity index is 1.34. The number of benzene rings is 2. The molecule has 10 heteroatoms. The molecule has 3 heterocycles. The molecule has 0 bridgehead atoms. The number of rotatable bonds is 8. The van der Waals surface area contributed by atoms with Gasteiger partial charge in [-0.1, -0.05) is 36.4 Å². The number of aliphatic hydroxyl groups excluding tert-OH is 1. The van der Waals surface area contributed by atoms with E-state index in [1.54, 1.807) is 40.3 Å². The van der Waals surface area contributed by atoms with Crippen LogP contribution in [0.4, 0.5) is 4.79 Å². The van der Waals surface area contributed by atoms with Gasteiger partial charge in [-0.15, -0.1) is 0 Å². The van der Waals surface area contributed by atoms with Crippen LogP contribution in [-0.4, -0.2) is 74.7 Å². The fraction of sp³-hybridized carbons (Fsp3) is 0.471. The molecule has 1 unspecified atom stereocenters. The summed E-state index contributed by atoms with van der Waals surface area (Å²) in [6.07, 6.45) is 3.32. The van der Waals surface area contributed by atoms with E-state index in [2.05, 4.69) is 10.3 Å². The maximum absolute atomic E-state index is 13.7. The molecule has 3 aromatic rings. The average Bonchev–Trinajstić information content (AvgIpc) is 3.77. The zero-order valence-corrected chi connectivity index (χ0v) is 25.9. The van der Waals surface area contributed by atoms with Crippen LogP contribution in [0.3, 0.4) is 0 Å². The number of carbonyl (C=O) groups excluding carboxylic acids is 3. The van der Waals surface area contributed by atoms with Crippen molar-refractivity contribution in [2.24, 2.45) is 0 Å². The Bertz CT molecular complexity index is 1470. The van der Waals surface area contributed by atoms with Crippen molar-refractivity contribution in [2.45, 2.75) is 89.6 Å². The number of oxazole rings is 1. The SMILES string of the molecule is Cc1coc([C@H]2CCCN2C(=O)c2cccc(C(=O)N[C@@H](Cc3ccccc3)[C@H](O)C3CCCN3C(=O)OC(C)(C)C)c2)n1. The summed E-state index contributed by atoms with van der Waals surface area (Å²) in [5.41, 5.74) is 1.72. The van der Waals surface area contributed by atoms with Crippen molar-refractivity contribution in [1.82, 2.24) is 20.1 Å². The van der Waals surface area contributed by atoms with Gasteiger partial charge in [0, 0.05) is 24.2 Å². The fourth-order valence-electron chi connectivity index (χ4n) is 6.09. The van der Waals surface area contributed by atoms with Crippen molar-refractivity contribution in [3.05, 3.63) is 89.1 Å². The van der Waals surface area contributed by atoms with Crippen molar-refractivity contribution in [1.29, 1.82) is 0 Å². The first-order valence-corrected chi connectivity index (χ1v) is 15.4. The van der Waals surface area contributed by atoms with Crippen LogP contribution in [0.25, 0.3) is 0 Å². The van der Waals surface area contributed by atoms with Crippen molar-refractivity contribution < 1.29 is 28.6 Å². The predicted octanol–water partition coefficient (Wildman–Crippen LogP) is 5.06. The monoisotopic (exact) mass is 602 g/mol. The Morgan fingerprint density at radius 1 is 1.02 bits per heavy atom. The van der Waals surface area contributed by atoms with Crippen molar-refractivity contribution in [2.75, 3.05) is 13.1 Å². The molecule has 3 amide bonds. The highest BCUT2D eigenvalue weighted by atomic mass is 16.6. The largest absolute Gasteiger partial charge is 0.446 e. The number of ether oxygens (including phenoxy) is 1. The zero-order valence-electron chi connectivity index (χ0n) is 25.9. The smallest absolute Gasteiger partial charge is 0.410 e. The molecule has 2 saturated heterocycles. The van der Waals surface area contributed by atoms with Gasteiger partial charge in [-0.3, -0.25) is 9.59 Å². The molecule has 0 spiro atoms.